The zero-order valence-corrected chi connectivity index (χ0v) is 17.7. The van der Waals surface area contributed by atoms with Crippen LogP contribution in [0.1, 0.15) is 21.7 Å². The van der Waals surface area contributed by atoms with Gasteiger partial charge in [-0.25, -0.2) is 4.98 Å². The summed E-state index contributed by atoms with van der Waals surface area (Å²) in [5.74, 6) is 2.60. The van der Waals surface area contributed by atoms with E-state index in [2.05, 4.69) is 25.5 Å². The second-order valence-electron chi connectivity index (χ2n) is 6.69. The average molecular weight is 432 g/mol. The quantitative estimate of drug-likeness (QED) is 0.408. The number of hydrogen-bond donors (Lipinski definition) is 2. The Labute approximate surface area is 184 Å². The summed E-state index contributed by atoms with van der Waals surface area (Å²) in [6, 6.07) is 19.0. The van der Waals surface area contributed by atoms with Crippen molar-refractivity contribution in [1.82, 2.24) is 25.5 Å². The number of ether oxygens (including phenoxy) is 1. The highest BCUT2D eigenvalue weighted by Crippen LogP contribution is 2.23. The molecule has 2 heterocycles. The van der Waals surface area contributed by atoms with Gasteiger partial charge in [-0.1, -0.05) is 6.07 Å². The molecule has 0 spiro atoms. The van der Waals surface area contributed by atoms with Crippen molar-refractivity contribution in [2.45, 2.75) is 17.2 Å². The third-order valence-corrected chi connectivity index (χ3v) is 5.62. The van der Waals surface area contributed by atoms with E-state index in [9.17, 15) is 4.79 Å². The van der Waals surface area contributed by atoms with Gasteiger partial charge in [0.05, 0.1) is 13.7 Å². The summed E-state index contributed by atoms with van der Waals surface area (Å²) in [6.07, 6.45) is 3.62. The summed E-state index contributed by atoms with van der Waals surface area (Å²) in [4.78, 5) is 22.1. The maximum absolute atomic E-state index is 12.5. The topological polar surface area (TPSA) is 92.8 Å². The highest BCUT2D eigenvalue weighted by molar-refractivity contribution is 7.98. The molecule has 0 aliphatic rings. The molecule has 4 rings (SSSR count). The highest BCUT2D eigenvalue weighted by atomic mass is 32.2. The van der Waals surface area contributed by atoms with E-state index in [-0.39, 0.29) is 12.5 Å². The molecular weight excluding hydrogens is 410 g/mol. The Morgan fingerprint density at radius 1 is 1.10 bits per heavy atom. The fourth-order valence-corrected chi connectivity index (χ4v) is 3.69. The first kappa shape index (κ1) is 20.6. The Balaban J connectivity index is 1.30. The molecule has 2 aromatic carbocycles. The minimum absolute atomic E-state index is 0.161. The number of carbonyl (C=O) groups is 1. The molecule has 156 valence electrons. The number of pyridine rings is 1. The molecule has 0 unspecified atom stereocenters. The molecule has 0 saturated heterocycles. The molecule has 4 aromatic rings. The van der Waals surface area contributed by atoms with Crippen LogP contribution in [0.5, 0.6) is 5.75 Å². The second-order valence-corrected chi connectivity index (χ2v) is 7.74. The molecule has 0 aliphatic heterocycles. The number of aromatic nitrogens is 4. The van der Waals surface area contributed by atoms with Gasteiger partial charge in [0.15, 0.2) is 5.82 Å². The first-order valence-corrected chi connectivity index (χ1v) is 10.7. The zero-order chi connectivity index (χ0) is 21.5. The van der Waals surface area contributed by atoms with Gasteiger partial charge < -0.3 is 10.1 Å². The number of nitrogens with zero attached hydrogens (tertiary/aromatic N) is 3. The Hall–Kier alpha value is -3.65. The number of methoxy groups -OCH3 is 1. The van der Waals surface area contributed by atoms with Gasteiger partial charge in [-0.2, -0.15) is 5.10 Å². The van der Waals surface area contributed by atoms with Crippen LogP contribution in [0.2, 0.25) is 0 Å². The number of hydrogen-bond acceptors (Lipinski definition) is 6. The van der Waals surface area contributed by atoms with Gasteiger partial charge in [0.25, 0.3) is 5.91 Å². The van der Waals surface area contributed by atoms with Crippen LogP contribution in [-0.2, 0) is 12.3 Å². The van der Waals surface area contributed by atoms with Crippen LogP contribution >= 0.6 is 11.8 Å². The summed E-state index contributed by atoms with van der Waals surface area (Å²) >= 11 is 1.70. The van der Waals surface area contributed by atoms with Crippen molar-refractivity contribution in [3.8, 4) is 17.1 Å². The van der Waals surface area contributed by atoms with E-state index in [1.54, 1.807) is 25.1 Å². The van der Waals surface area contributed by atoms with Crippen LogP contribution in [0, 0.1) is 0 Å². The largest absolute Gasteiger partial charge is 0.497 e. The number of H-pyrrole nitrogens is 1. The Morgan fingerprint density at radius 3 is 2.61 bits per heavy atom. The standard InChI is InChI=1S/C23H21N5O2S/c1-30-19-8-4-17(5-9-19)22-26-21(27-28-22)14-25-23(29)18-6-10-20(11-7-18)31-15-16-3-2-12-24-13-16/h2-13H,14-15H2,1H3,(H,25,29)(H,26,27,28). The van der Waals surface area contributed by atoms with Crippen LogP contribution in [0.4, 0.5) is 0 Å². The number of thioether (sulfide) groups is 1. The van der Waals surface area contributed by atoms with Crippen LogP contribution in [0.3, 0.4) is 0 Å². The van der Waals surface area contributed by atoms with E-state index in [1.807, 2.05) is 66.9 Å². The summed E-state index contributed by atoms with van der Waals surface area (Å²) < 4.78 is 5.16. The van der Waals surface area contributed by atoms with Crippen molar-refractivity contribution in [3.63, 3.8) is 0 Å². The minimum Gasteiger partial charge on any atom is -0.497 e. The lowest BCUT2D eigenvalue weighted by molar-refractivity contribution is 0.0950. The van der Waals surface area contributed by atoms with Crippen molar-refractivity contribution >= 4 is 17.7 Å². The number of aromatic amines is 1. The third-order valence-electron chi connectivity index (χ3n) is 4.54. The number of carbonyl (C=O) groups excluding carboxylic acids is 1. The highest BCUT2D eigenvalue weighted by Gasteiger charge is 2.09. The maximum Gasteiger partial charge on any atom is 0.251 e. The van der Waals surface area contributed by atoms with Gasteiger partial charge >= 0.3 is 0 Å². The molecule has 2 N–H and O–H groups in total. The van der Waals surface area contributed by atoms with Gasteiger partial charge in [-0.05, 0) is 60.2 Å². The lowest BCUT2D eigenvalue weighted by Gasteiger charge is -2.05. The molecule has 2 aromatic heterocycles. The van der Waals surface area contributed by atoms with Gasteiger partial charge in [0.2, 0.25) is 0 Å². The molecule has 8 heteroatoms. The molecule has 7 nitrogen and oxygen atoms in total. The monoisotopic (exact) mass is 431 g/mol. The van der Waals surface area contributed by atoms with Crippen LogP contribution in [0.25, 0.3) is 11.4 Å². The molecule has 0 aliphatic carbocycles. The summed E-state index contributed by atoms with van der Waals surface area (Å²) in [7, 11) is 1.62. The lowest BCUT2D eigenvalue weighted by Crippen LogP contribution is -2.23. The van der Waals surface area contributed by atoms with Crippen LogP contribution < -0.4 is 10.1 Å². The van der Waals surface area contributed by atoms with Crippen molar-refractivity contribution in [3.05, 3.63) is 90.0 Å². The number of benzene rings is 2. The van der Waals surface area contributed by atoms with Crippen LogP contribution in [-0.4, -0.2) is 33.2 Å². The molecule has 0 atom stereocenters. The van der Waals surface area contributed by atoms with Gasteiger partial charge in [-0.15, -0.1) is 11.8 Å². The predicted octanol–water partition coefficient (Wildman–Crippen LogP) is 4.10. The summed E-state index contributed by atoms with van der Waals surface area (Å²) in [5, 5.41) is 9.95. The molecule has 31 heavy (non-hydrogen) atoms. The van der Waals surface area contributed by atoms with Gasteiger partial charge in [-0.3, -0.25) is 14.9 Å². The van der Waals surface area contributed by atoms with E-state index >= 15 is 0 Å². The predicted molar refractivity (Wildman–Crippen MR) is 120 cm³/mol. The molecule has 1 amide bonds. The minimum atomic E-state index is -0.161. The Bertz CT molecular complexity index is 1130. The first-order valence-electron chi connectivity index (χ1n) is 9.67. The number of rotatable bonds is 8. The van der Waals surface area contributed by atoms with Gasteiger partial charge in [0, 0.05) is 34.2 Å². The van der Waals surface area contributed by atoms with Crippen molar-refractivity contribution < 1.29 is 9.53 Å². The molecule has 0 radical (unpaired) electrons. The maximum atomic E-state index is 12.5. The SMILES string of the molecule is COc1ccc(-c2n[nH]c(CNC(=O)c3ccc(SCc4cccnc4)cc3)n2)cc1. The summed E-state index contributed by atoms with van der Waals surface area (Å²) in [6.45, 7) is 0.263. The zero-order valence-electron chi connectivity index (χ0n) is 16.9. The summed E-state index contributed by atoms with van der Waals surface area (Å²) in [5.41, 5.74) is 2.63. The van der Waals surface area contributed by atoms with E-state index in [0.717, 1.165) is 27.5 Å². The Morgan fingerprint density at radius 2 is 1.90 bits per heavy atom. The van der Waals surface area contributed by atoms with E-state index in [4.69, 9.17) is 4.74 Å². The fourth-order valence-electron chi connectivity index (χ4n) is 2.86. The average Bonchev–Trinajstić information content (AvgIpc) is 3.31. The van der Waals surface area contributed by atoms with E-state index < -0.39 is 0 Å². The third kappa shape index (κ3) is 5.49. The molecule has 0 saturated carbocycles. The first-order chi connectivity index (χ1) is 15.2. The van der Waals surface area contributed by atoms with Crippen molar-refractivity contribution in [2.75, 3.05) is 7.11 Å². The number of nitrogens with one attached hydrogen (secondary N) is 2. The fraction of sp³-hybridized carbons (Fsp3) is 0.130. The van der Waals surface area contributed by atoms with E-state index in [0.29, 0.717) is 17.2 Å². The number of amides is 1. The van der Waals surface area contributed by atoms with Crippen LogP contribution in [0.15, 0.2) is 78.0 Å². The normalized spacial score (nSPS) is 10.6. The smallest absolute Gasteiger partial charge is 0.251 e. The molecule has 0 bridgehead atoms. The van der Waals surface area contributed by atoms with Crippen molar-refractivity contribution in [2.24, 2.45) is 0 Å². The van der Waals surface area contributed by atoms with Crippen molar-refractivity contribution in [1.29, 1.82) is 0 Å². The van der Waals surface area contributed by atoms with Gasteiger partial charge in [0.1, 0.15) is 11.6 Å². The van der Waals surface area contributed by atoms with E-state index in [1.165, 1.54) is 0 Å². The lowest BCUT2D eigenvalue weighted by atomic mass is 10.2. The molecule has 0 fully saturated rings. The Kier molecular flexibility index (Phi) is 6.59. The molecular formula is C23H21N5O2S. The second kappa shape index (κ2) is 9.90.